The van der Waals surface area contributed by atoms with Crippen molar-refractivity contribution in [2.24, 2.45) is 0 Å². The molecule has 2 aromatic rings. The highest BCUT2D eigenvalue weighted by Gasteiger charge is 2.43. The van der Waals surface area contributed by atoms with Crippen LogP contribution in [0.2, 0.25) is 5.02 Å². The summed E-state index contributed by atoms with van der Waals surface area (Å²) in [5.41, 5.74) is 1.89. The zero-order valence-electron chi connectivity index (χ0n) is 14.6. The molecule has 0 spiro atoms. The van der Waals surface area contributed by atoms with Gasteiger partial charge in [0.2, 0.25) is 11.8 Å². The van der Waals surface area contributed by atoms with E-state index in [1.807, 2.05) is 30.5 Å². The van der Waals surface area contributed by atoms with Crippen LogP contribution in [0, 0.1) is 0 Å². The molecule has 1 aromatic heterocycles. The van der Waals surface area contributed by atoms with Gasteiger partial charge in [0.25, 0.3) is 0 Å². The van der Waals surface area contributed by atoms with E-state index in [-0.39, 0.29) is 18.4 Å². The van der Waals surface area contributed by atoms with E-state index in [0.29, 0.717) is 31.2 Å². The third-order valence-electron chi connectivity index (χ3n) is 4.96. The summed E-state index contributed by atoms with van der Waals surface area (Å²) in [6, 6.07) is 6.11. The minimum atomic E-state index is -0.823. The number of carbonyl (C=O) groups excluding carboxylic acids is 2. The molecule has 9 heteroatoms. The summed E-state index contributed by atoms with van der Waals surface area (Å²) in [5, 5.41) is 16.9. The first-order chi connectivity index (χ1) is 13.0. The Kier molecular flexibility index (Phi) is 4.86. The minimum absolute atomic E-state index is 0.212. The number of nitrogens with zero attached hydrogens (tertiary/aromatic N) is 4. The van der Waals surface area contributed by atoms with Crippen LogP contribution >= 0.6 is 11.6 Å². The molecular weight excluding hydrogens is 370 g/mol. The smallest absolute Gasteiger partial charge is 0.248 e. The number of amides is 2. The number of halogens is 1. The lowest BCUT2D eigenvalue weighted by atomic mass is 10.0. The topological polar surface area (TPSA) is 90.7 Å². The first kappa shape index (κ1) is 18.0. The summed E-state index contributed by atoms with van der Waals surface area (Å²) >= 11 is 6.03. The molecule has 2 amide bonds. The molecule has 2 saturated heterocycles. The number of piperazine rings is 2. The maximum Gasteiger partial charge on any atom is 0.248 e. The lowest BCUT2D eigenvalue weighted by Gasteiger charge is -2.44. The predicted octanol–water partition coefficient (Wildman–Crippen LogP) is 0.0292. The number of aliphatic hydroxyl groups is 1. The fourth-order valence-corrected chi connectivity index (χ4v) is 3.77. The van der Waals surface area contributed by atoms with Gasteiger partial charge in [-0.1, -0.05) is 17.7 Å². The van der Waals surface area contributed by atoms with Gasteiger partial charge in [0, 0.05) is 43.0 Å². The molecule has 2 aliphatic rings. The molecule has 0 bridgehead atoms. The lowest BCUT2D eigenvalue weighted by molar-refractivity contribution is -0.154. The summed E-state index contributed by atoms with van der Waals surface area (Å²) in [4.78, 5) is 28.3. The molecule has 0 unspecified atom stereocenters. The Morgan fingerprint density at radius 2 is 2.15 bits per heavy atom. The number of aliphatic hydroxyl groups excluding tert-OH is 1. The zero-order valence-corrected chi connectivity index (χ0v) is 15.3. The number of carbonyl (C=O) groups is 2. The van der Waals surface area contributed by atoms with Crippen molar-refractivity contribution < 1.29 is 14.7 Å². The molecule has 2 N–H and O–H groups in total. The Labute approximate surface area is 161 Å². The summed E-state index contributed by atoms with van der Waals surface area (Å²) in [6.07, 6.45) is 3.73. The van der Waals surface area contributed by atoms with Crippen molar-refractivity contribution >= 4 is 23.4 Å². The molecule has 2 aliphatic heterocycles. The van der Waals surface area contributed by atoms with E-state index >= 15 is 0 Å². The average molecular weight is 390 g/mol. The quantitative estimate of drug-likeness (QED) is 0.770. The van der Waals surface area contributed by atoms with E-state index in [2.05, 4.69) is 15.3 Å². The first-order valence-corrected chi connectivity index (χ1v) is 9.16. The average Bonchev–Trinajstić information content (AvgIpc) is 3.13. The number of nitrogens with one attached hydrogen (secondary N) is 1. The highest BCUT2D eigenvalue weighted by atomic mass is 35.5. The summed E-state index contributed by atoms with van der Waals surface area (Å²) < 4.78 is 1.76. The monoisotopic (exact) mass is 389 g/mol. The van der Waals surface area contributed by atoms with Crippen LogP contribution in [0.25, 0.3) is 5.69 Å². The zero-order chi connectivity index (χ0) is 19.0. The third-order valence-corrected chi connectivity index (χ3v) is 5.20. The minimum Gasteiger partial charge on any atom is -0.394 e. The molecule has 4 rings (SSSR count). The van der Waals surface area contributed by atoms with Crippen LogP contribution in [0.1, 0.15) is 5.56 Å². The molecule has 2 fully saturated rings. The van der Waals surface area contributed by atoms with Crippen molar-refractivity contribution in [3.63, 3.8) is 0 Å². The van der Waals surface area contributed by atoms with Gasteiger partial charge < -0.3 is 15.3 Å². The number of rotatable bonds is 4. The fourth-order valence-electron chi connectivity index (χ4n) is 3.58. The molecule has 8 nitrogen and oxygen atoms in total. The van der Waals surface area contributed by atoms with Crippen molar-refractivity contribution in [1.29, 1.82) is 0 Å². The second kappa shape index (κ2) is 7.30. The molecular formula is C18H20ClN5O3. The number of hydrogen-bond donors (Lipinski definition) is 2. The highest BCUT2D eigenvalue weighted by Crippen LogP contribution is 2.19. The molecule has 3 heterocycles. The lowest BCUT2D eigenvalue weighted by Crippen LogP contribution is -2.69. The van der Waals surface area contributed by atoms with Crippen molar-refractivity contribution in [3.8, 4) is 5.69 Å². The van der Waals surface area contributed by atoms with Crippen LogP contribution in [0.4, 0.5) is 0 Å². The van der Waals surface area contributed by atoms with Gasteiger partial charge in [0.15, 0.2) is 0 Å². The Bertz CT molecular complexity index is 870. The third kappa shape index (κ3) is 3.55. The maximum atomic E-state index is 12.3. The largest absolute Gasteiger partial charge is 0.394 e. The van der Waals surface area contributed by atoms with Crippen LogP contribution in [0.5, 0.6) is 0 Å². The SMILES string of the molecule is O=C1N[C@H](CO)C(=O)N2CCN(Cc3cnn(-c4cccc(Cl)c4)c3)C[C@H]12. The van der Waals surface area contributed by atoms with Gasteiger partial charge in [0.1, 0.15) is 12.1 Å². The van der Waals surface area contributed by atoms with Crippen LogP contribution in [-0.4, -0.2) is 74.8 Å². The number of hydrogen-bond acceptors (Lipinski definition) is 5. The fraction of sp³-hybridized carbons (Fsp3) is 0.389. The molecule has 0 aliphatic carbocycles. The normalized spacial score (nSPS) is 23.3. The van der Waals surface area contributed by atoms with Gasteiger partial charge in [-0.2, -0.15) is 5.10 Å². The van der Waals surface area contributed by atoms with E-state index in [9.17, 15) is 14.7 Å². The van der Waals surface area contributed by atoms with E-state index in [4.69, 9.17) is 11.6 Å². The van der Waals surface area contributed by atoms with Gasteiger partial charge >= 0.3 is 0 Å². The summed E-state index contributed by atoms with van der Waals surface area (Å²) in [7, 11) is 0. The van der Waals surface area contributed by atoms with E-state index in [1.165, 1.54) is 0 Å². The van der Waals surface area contributed by atoms with E-state index < -0.39 is 12.1 Å². The van der Waals surface area contributed by atoms with Gasteiger partial charge in [-0.25, -0.2) is 4.68 Å². The highest BCUT2D eigenvalue weighted by molar-refractivity contribution is 6.30. The van der Waals surface area contributed by atoms with Crippen LogP contribution in [0.3, 0.4) is 0 Å². The maximum absolute atomic E-state index is 12.3. The Hall–Kier alpha value is -2.42. The van der Waals surface area contributed by atoms with Gasteiger partial charge in [-0.15, -0.1) is 0 Å². The molecule has 2 atom stereocenters. The number of fused-ring (bicyclic) bond motifs is 1. The predicted molar refractivity (Wildman–Crippen MR) is 98.4 cm³/mol. The Balaban J connectivity index is 1.43. The van der Waals surface area contributed by atoms with Crippen molar-refractivity contribution in [1.82, 2.24) is 24.9 Å². The van der Waals surface area contributed by atoms with E-state index in [0.717, 1.165) is 11.3 Å². The standard InChI is InChI=1S/C18H20ClN5O3/c19-13-2-1-3-14(6-13)24-9-12(7-20-24)8-22-4-5-23-16(10-22)17(26)21-15(11-25)18(23)27/h1-3,6-7,9,15-16,25H,4-5,8,10-11H2,(H,21,26)/t15-,16-/m1/s1. The van der Waals surface area contributed by atoms with Crippen molar-refractivity contribution in [2.45, 2.75) is 18.6 Å². The molecule has 0 saturated carbocycles. The Morgan fingerprint density at radius 3 is 2.93 bits per heavy atom. The second-order valence-electron chi connectivity index (χ2n) is 6.80. The van der Waals surface area contributed by atoms with Crippen molar-refractivity contribution in [3.05, 3.63) is 47.2 Å². The van der Waals surface area contributed by atoms with Gasteiger partial charge in [-0.05, 0) is 18.2 Å². The van der Waals surface area contributed by atoms with Crippen LogP contribution < -0.4 is 5.32 Å². The van der Waals surface area contributed by atoms with Crippen LogP contribution in [-0.2, 0) is 16.1 Å². The molecule has 0 radical (unpaired) electrons. The number of benzene rings is 1. The summed E-state index contributed by atoms with van der Waals surface area (Å²) in [6.45, 7) is 1.85. The summed E-state index contributed by atoms with van der Waals surface area (Å²) in [5.74, 6) is -0.427. The molecule has 1 aromatic carbocycles. The van der Waals surface area contributed by atoms with Gasteiger partial charge in [-0.3, -0.25) is 14.5 Å². The molecule has 142 valence electrons. The number of aromatic nitrogens is 2. The van der Waals surface area contributed by atoms with Crippen LogP contribution in [0.15, 0.2) is 36.7 Å². The van der Waals surface area contributed by atoms with Crippen molar-refractivity contribution in [2.75, 3.05) is 26.2 Å². The second-order valence-corrected chi connectivity index (χ2v) is 7.24. The van der Waals surface area contributed by atoms with E-state index in [1.54, 1.807) is 15.8 Å². The first-order valence-electron chi connectivity index (χ1n) is 8.78. The van der Waals surface area contributed by atoms with Gasteiger partial charge in [0.05, 0.1) is 18.5 Å². The molecule has 27 heavy (non-hydrogen) atoms. The Morgan fingerprint density at radius 1 is 1.30 bits per heavy atom.